The van der Waals surface area contributed by atoms with E-state index in [1.165, 1.54) is 30.4 Å². The topological polar surface area (TPSA) is 74.6 Å². The van der Waals surface area contributed by atoms with Crippen LogP contribution < -0.4 is 0 Å². The molecule has 1 unspecified atom stereocenters. The van der Waals surface area contributed by atoms with E-state index in [1.807, 2.05) is 0 Å². The van der Waals surface area contributed by atoms with Gasteiger partial charge in [0.05, 0.1) is 12.3 Å². The Kier molecular flexibility index (Phi) is 10.4. The van der Waals surface area contributed by atoms with E-state index >= 15 is 0 Å². The van der Waals surface area contributed by atoms with Gasteiger partial charge >= 0.3 is 11.9 Å². The van der Waals surface area contributed by atoms with Crippen LogP contribution in [-0.4, -0.2) is 22.2 Å². The van der Waals surface area contributed by atoms with Gasteiger partial charge in [-0.2, -0.15) is 0 Å². The molecule has 0 aromatic rings. The van der Waals surface area contributed by atoms with E-state index in [4.69, 9.17) is 10.2 Å². The molecule has 0 heterocycles. The van der Waals surface area contributed by atoms with Crippen molar-refractivity contribution in [2.75, 3.05) is 0 Å². The quantitative estimate of drug-likeness (QED) is 0.346. The summed E-state index contributed by atoms with van der Waals surface area (Å²) in [5, 5.41) is 17.9. The van der Waals surface area contributed by atoms with E-state index in [0.717, 1.165) is 25.7 Å². The summed E-state index contributed by atoms with van der Waals surface area (Å²) in [6.07, 6.45) is 13.1. The average Bonchev–Trinajstić information content (AvgIpc) is 2.59. The van der Waals surface area contributed by atoms with Crippen molar-refractivity contribution in [2.45, 2.75) is 98.8 Å². The second kappa shape index (κ2) is 12.0. The molecule has 0 fully saturated rings. The predicted octanol–water partition coefficient (Wildman–Crippen LogP) is 6.92. The summed E-state index contributed by atoms with van der Waals surface area (Å²) >= 11 is 0. The maximum absolute atomic E-state index is 11.1. The van der Waals surface area contributed by atoms with Crippen molar-refractivity contribution in [3.05, 3.63) is 34.4 Å². The minimum Gasteiger partial charge on any atom is -0.481 e. The minimum atomic E-state index is -1.05. The molecule has 0 aromatic heterocycles. The number of carboxylic acid groups (broad SMARTS) is 2. The number of carboxylic acids is 2. The molecule has 164 valence electrons. The molecule has 0 saturated heterocycles. The Hall–Kier alpha value is -1.84. The monoisotopic (exact) mass is 404 g/mol. The fraction of sp³-hybridized carbons (Fsp3) is 0.680. The van der Waals surface area contributed by atoms with Crippen molar-refractivity contribution < 1.29 is 19.8 Å². The van der Waals surface area contributed by atoms with Crippen LogP contribution in [0.25, 0.3) is 0 Å². The smallest absolute Gasteiger partial charge is 0.307 e. The van der Waals surface area contributed by atoms with Gasteiger partial charge in [0.1, 0.15) is 0 Å². The summed E-state index contributed by atoms with van der Waals surface area (Å²) in [4.78, 5) is 21.8. The average molecular weight is 405 g/mol. The van der Waals surface area contributed by atoms with Gasteiger partial charge in [-0.15, -0.1) is 0 Å². The van der Waals surface area contributed by atoms with Crippen LogP contribution in [0.1, 0.15) is 98.8 Å². The molecule has 4 heteroatoms. The third-order valence-electron chi connectivity index (χ3n) is 6.26. The molecule has 1 rings (SSSR count). The first-order valence-electron chi connectivity index (χ1n) is 11.0. The zero-order valence-corrected chi connectivity index (χ0v) is 19.0. The van der Waals surface area contributed by atoms with Crippen molar-refractivity contribution in [1.29, 1.82) is 0 Å². The van der Waals surface area contributed by atoms with Crippen molar-refractivity contribution >= 4 is 11.9 Å². The second-order valence-electron chi connectivity index (χ2n) is 9.35. The molecule has 0 saturated carbocycles. The van der Waals surface area contributed by atoms with Crippen LogP contribution in [-0.2, 0) is 9.59 Å². The summed E-state index contributed by atoms with van der Waals surface area (Å²) in [5.41, 5.74) is 6.26. The third-order valence-corrected chi connectivity index (χ3v) is 6.26. The lowest BCUT2D eigenvalue weighted by Crippen LogP contribution is -2.20. The Balaban J connectivity index is 2.42. The molecule has 1 aliphatic carbocycles. The highest BCUT2D eigenvalue weighted by Crippen LogP contribution is 2.42. The Bertz CT molecular complexity index is 664. The third kappa shape index (κ3) is 9.47. The molecule has 0 radical (unpaired) electrons. The molecule has 0 aliphatic heterocycles. The lowest BCUT2D eigenvalue weighted by Gasteiger charge is -2.35. The Morgan fingerprint density at radius 3 is 2.28 bits per heavy atom. The molecule has 0 amide bonds. The van der Waals surface area contributed by atoms with Crippen molar-refractivity contribution in [3.8, 4) is 0 Å². The summed E-state index contributed by atoms with van der Waals surface area (Å²) in [5.74, 6) is -2.88. The van der Waals surface area contributed by atoms with Crippen LogP contribution in [0, 0.1) is 11.3 Å². The van der Waals surface area contributed by atoms with Gasteiger partial charge in [0.25, 0.3) is 0 Å². The predicted molar refractivity (Wildman–Crippen MR) is 119 cm³/mol. The number of allylic oxidation sites excluding steroid dienone is 6. The number of aliphatic carboxylic acids is 2. The Morgan fingerprint density at radius 1 is 1.07 bits per heavy atom. The van der Waals surface area contributed by atoms with Crippen LogP contribution in [0.5, 0.6) is 0 Å². The highest BCUT2D eigenvalue weighted by molar-refractivity contribution is 5.77. The van der Waals surface area contributed by atoms with Crippen LogP contribution in [0.4, 0.5) is 0 Å². The van der Waals surface area contributed by atoms with Crippen molar-refractivity contribution in [1.82, 2.24) is 0 Å². The summed E-state index contributed by atoms with van der Waals surface area (Å²) < 4.78 is 0. The molecular weight excluding hydrogens is 364 g/mol. The van der Waals surface area contributed by atoms with Crippen molar-refractivity contribution in [2.24, 2.45) is 11.3 Å². The first-order chi connectivity index (χ1) is 13.5. The molecule has 1 aliphatic rings. The fourth-order valence-electron chi connectivity index (χ4n) is 4.35. The van der Waals surface area contributed by atoms with Gasteiger partial charge in [-0.25, -0.2) is 0 Å². The van der Waals surface area contributed by atoms with Gasteiger partial charge in [-0.05, 0) is 84.0 Å². The summed E-state index contributed by atoms with van der Waals surface area (Å²) in [6, 6.07) is 0. The zero-order valence-electron chi connectivity index (χ0n) is 19.0. The van der Waals surface area contributed by atoms with Crippen LogP contribution in [0.3, 0.4) is 0 Å². The van der Waals surface area contributed by atoms with Gasteiger partial charge in [-0.3, -0.25) is 9.59 Å². The molecule has 1 atom stereocenters. The van der Waals surface area contributed by atoms with Crippen LogP contribution in [0.2, 0.25) is 0 Å². The standard InChI is InChI=1S/C25H40O4/c1-18(11-7-13-21(24(28)29)17-23(26)27)9-6-10-19(2)14-15-22-20(3)12-8-16-25(22,4)5/h10-11,21H,6-9,12-17H2,1-5H3,(H,26,27)(H,28,29)/b18-11+,19-10+. The Labute approximate surface area is 176 Å². The van der Waals surface area contributed by atoms with E-state index in [1.54, 1.807) is 11.1 Å². The molecule has 2 N–H and O–H groups in total. The van der Waals surface area contributed by atoms with E-state index < -0.39 is 17.9 Å². The maximum Gasteiger partial charge on any atom is 0.307 e. The lowest BCUT2D eigenvalue weighted by molar-refractivity contribution is -0.148. The first kappa shape index (κ1) is 25.2. The van der Waals surface area contributed by atoms with E-state index in [-0.39, 0.29) is 6.42 Å². The normalized spacial score (nSPS) is 18.7. The van der Waals surface area contributed by atoms with Crippen LogP contribution >= 0.6 is 0 Å². The highest BCUT2D eigenvalue weighted by Gasteiger charge is 2.27. The number of rotatable bonds is 12. The zero-order chi connectivity index (χ0) is 22.0. The number of hydrogen-bond donors (Lipinski definition) is 2. The molecule has 0 bridgehead atoms. The number of hydrogen-bond acceptors (Lipinski definition) is 2. The molecule has 0 spiro atoms. The van der Waals surface area contributed by atoms with Crippen LogP contribution in [0.15, 0.2) is 34.4 Å². The number of carbonyl (C=O) groups is 2. The lowest BCUT2D eigenvalue weighted by atomic mass is 9.71. The summed E-state index contributed by atoms with van der Waals surface area (Å²) in [7, 11) is 0. The van der Waals surface area contributed by atoms with Gasteiger partial charge in [-0.1, -0.05) is 48.3 Å². The van der Waals surface area contributed by atoms with Gasteiger partial charge in [0.15, 0.2) is 0 Å². The van der Waals surface area contributed by atoms with E-state index in [2.05, 4.69) is 46.8 Å². The molecular formula is C25H40O4. The first-order valence-corrected chi connectivity index (χ1v) is 11.0. The molecule has 0 aromatic carbocycles. The molecule has 4 nitrogen and oxygen atoms in total. The minimum absolute atomic E-state index is 0.309. The van der Waals surface area contributed by atoms with Gasteiger partial charge in [0, 0.05) is 0 Å². The fourth-order valence-corrected chi connectivity index (χ4v) is 4.35. The SMILES string of the molecule is CC1=C(CC/C(C)=C/CC/C(C)=C/CCC(CC(=O)O)C(=O)O)C(C)(C)CCC1. The van der Waals surface area contributed by atoms with E-state index in [9.17, 15) is 9.59 Å². The Morgan fingerprint density at radius 2 is 1.69 bits per heavy atom. The van der Waals surface area contributed by atoms with E-state index in [0.29, 0.717) is 18.3 Å². The summed E-state index contributed by atoms with van der Waals surface area (Å²) in [6.45, 7) is 11.3. The van der Waals surface area contributed by atoms with Gasteiger partial charge < -0.3 is 10.2 Å². The second-order valence-corrected chi connectivity index (χ2v) is 9.35. The van der Waals surface area contributed by atoms with Gasteiger partial charge in [0.2, 0.25) is 0 Å². The largest absolute Gasteiger partial charge is 0.481 e. The maximum atomic E-state index is 11.1. The highest BCUT2D eigenvalue weighted by atomic mass is 16.4. The van der Waals surface area contributed by atoms with Crippen molar-refractivity contribution in [3.63, 3.8) is 0 Å². The molecule has 29 heavy (non-hydrogen) atoms.